The molecule has 5 atom stereocenters. The van der Waals surface area contributed by atoms with Crippen LogP contribution in [0, 0.1) is 5.92 Å². The largest absolute Gasteiger partial charge is 0.392 e. The van der Waals surface area contributed by atoms with E-state index in [4.69, 9.17) is 23.4 Å². The van der Waals surface area contributed by atoms with Crippen LogP contribution in [0.4, 0.5) is 0 Å². The van der Waals surface area contributed by atoms with Gasteiger partial charge in [0.1, 0.15) is 24.4 Å². The van der Waals surface area contributed by atoms with Crippen LogP contribution in [0.3, 0.4) is 0 Å². The minimum atomic E-state index is -2.42. The van der Waals surface area contributed by atoms with Crippen molar-refractivity contribution >= 4 is 8.32 Å². The molecule has 8 nitrogen and oxygen atoms in total. The van der Waals surface area contributed by atoms with Crippen LogP contribution in [0.1, 0.15) is 44.4 Å². The molecule has 1 aliphatic rings. The van der Waals surface area contributed by atoms with Gasteiger partial charge in [-0.25, -0.2) is 0 Å². The number of ether oxygens (including phenoxy) is 4. The van der Waals surface area contributed by atoms with Crippen LogP contribution >= 0.6 is 0 Å². The van der Waals surface area contributed by atoms with E-state index in [-0.39, 0.29) is 11.6 Å². The zero-order chi connectivity index (χ0) is 31.6. The van der Waals surface area contributed by atoms with Crippen LogP contribution in [-0.4, -0.2) is 45.6 Å². The standard InChI is InChI=1S/C35H47N3O5Si/c1-26(2)35(3,4)44(5,6)43-34-31(37-38-36)33(41-24-29-20-14-9-15-21-29)32(40-23-28-18-12-8-13-19-28)30(42-34)25-39-22-27-16-10-7-11-17-27/h7-21,26,30-34H,22-25H2,1-6H3/t30-,31-,32+,33-,34+/m1/s1. The first kappa shape index (κ1) is 33.9. The minimum absolute atomic E-state index is 0.0857. The Bertz CT molecular complexity index is 1320. The number of benzene rings is 3. The van der Waals surface area contributed by atoms with Gasteiger partial charge in [0.15, 0.2) is 14.6 Å². The van der Waals surface area contributed by atoms with Crippen molar-refractivity contribution in [2.45, 2.75) is 96.3 Å². The molecule has 0 saturated carbocycles. The second-order valence-electron chi connectivity index (χ2n) is 12.8. The third-order valence-corrected chi connectivity index (χ3v) is 13.7. The quantitative estimate of drug-likeness (QED) is 0.0738. The van der Waals surface area contributed by atoms with Gasteiger partial charge in [0, 0.05) is 4.91 Å². The summed E-state index contributed by atoms with van der Waals surface area (Å²) in [5, 5.41) is 4.16. The van der Waals surface area contributed by atoms with E-state index in [2.05, 4.69) is 50.8 Å². The van der Waals surface area contributed by atoms with E-state index in [1.54, 1.807) is 0 Å². The summed E-state index contributed by atoms with van der Waals surface area (Å²) in [6.45, 7) is 14.6. The number of hydrogen-bond acceptors (Lipinski definition) is 6. The van der Waals surface area contributed by atoms with Crippen LogP contribution in [0.15, 0.2) is 96.1 Å². The van der Waals surface area contributed by atoms with E-state index in [0.29, 0.717) is 25.7 Å². The Morgan fingerprint density at radius 1 is 0.795 bits per heavy atom. The lowest BCUT2D eigenvalue weighted by molar-refractivity contribution is -0.268. The Labute approximate surface area is 263 Å². The van der Waals surface area contributed by atoms with Crippen molar-refractivity contribution in [1.29, 1.82) is 0 Å². The molecule has 1 fully saturated rings. The number of hydrogen-bond donors (Lipinski definition) is 0. The predicted octanol–water partition coefficient (Wildman–Crippen LogP) is 8.44. The first-order valence-corrected chi connectivity index (χ1v) is 18.3. The molecule has 3 aromatic rings. The highest BCUT2D eigenvalue weighted by Crippen LogP contribution is 2.46. The molecule has 0 spiro atoms. The Morgan fingerprint density at radius 2 is 1.27 bits per heavy atom. The second kappa shape index (κ2) is 15.8. The Morgan fingerprint density at radius 3 is 1.75 bits per heavy atom. The van der Waals surface area contributed by atoms with Crippen molar-refractivity contribution in [1.82, 2.24) is 0 Å². The molecule has 44 heavy (non-hydrogen) atoms. The molecule has 0 radical (unpaired) electrons. The summed E-state index contributed by atoms with van der Waals surface area (Å²) in [7, 11) is -2.42. The van der Waals surface area contributed by atoms with Crippen molar-refractivity contribution in [3.8, 4) is 0 Å². The third-order valence-electron chi connectivity index (χ3n) is 9.17. The van der Waals surface area contributed by atoms with Gasteiger partial charge in [-0.2, -0.15) is 0 Å². The van der Waals surface area contributed by atoms with Gasteiger partial charge in [-0.1, -0.05) is 124 Å². The van der Waals surface area contributed by atoms with Crippen molar-refractivity contribution < 1.29 is 23.4 Å². The molecule has 236 valence electrons. The first-order chi connectivity index (χ1) is 21.1. The maximum atomic E-state index is 9.75. The highest BCUT2D eigenvalue weighted by Gasteiger charge is 2.52. The lowest BCUT2D eigenvalue weighted by Gasteiger charge is -2.50. The van der Waals surface area contributed by atoms with E-state index < -0.39 is 39.0 Å². The smallest absolute Gasteiger partial charge is 0.196 e. The molecular formula is C35H47N3O5Si. The molecular weight excluding hydrogens is 570 g/mol. The van der Waals surface area contributed by atoms with Crippen LogP contribution < -0.4 is 0 Å². The zero-order valence-electron chi connectivity index (χ0n) is 26.8. The van der Waals surface area contributed by atoms with Crippen molar-refractivity contribution in [3.05, 3.63) is 118 Å². The summed E-state index contributed by atoms with van der Waals surface area (Å²) in [5.74, 6) is 0.378. The van der Waals surface area contributed by atoms with Crippen molar-refractivity contribution in [2.24, 2.45) is 11.0 Å². The highest BCUT2D eigenvalue weighted by molar-refractivity contribution is 6.74. The van der Waals surface area contributed by atoms with E-state index >= 15 is 0 Å². The molecule has 0 unspecified atom stereocenters. The average Bonchev–Trinajstić information content (AvgIpc) is 3.02. The highest BCUT2D eigenvalue weighted by atomic mass is 28.4. The van der Waals surface area contributed by atoms with Crippen LogP contribution in [0.2, 0.25) is 18.1 Å². The third kappa shape index (κ3) is 8.79. The van der Waals surface area contributed by atoms with E-state index in [9.17, 15) is 5.53 Å². The molecule has 3 aromatic carbocycles. The van der Waals surface area contributed by atoms with Crippen molar-refractivity contribution in [2.75, 3.05) is 6.61 Å². The van der Waals surface area contributed by atoms with Crippen LogP contribution in [0.5, 0.6) is 0 Å². The Balaban J connectivity index is 1.67. The maximum Gasteiger partial charge on any atom is 0.196 e. The molecule has 0 amide bonds. The zero-order valence-corrected chi connectivity index (χ0v) is 27.8. The molecule has 0 aliphatic carbocycles. The Hall–Kier alpha value is -3.01. The van der Waals surface area contributed by atoms with Gasteiger partial charge in [0.2, 0.25) is 0 Å². The van der Waals surface area contributed by atoms with Gasteiger partial charge in [0.25, 0.3) is 0 Å². The average molecular weight is 618 g/mol. The van der Waals surface area contributed by atoms with E-state index in [0.717, 1.165) is 16.7 Å². The predicted molar refractivity (Wildman–Crippen MR) is 175 cm³/mol. The van der Waals surface area contributed by atoms with Gasteiger partial charge in [-0.3, -0.25) is 0 Å². The topological polar surface area (TPSA) is 94.9 Å². The van der Waals surface area contributed by atoms with E-state index in [1.807, 2.05) is 91.0 Å². The van der Waals surface area contributed by atoms with Crippen molar-refractivity contribution in [3.63, 3.8) is 0 Å². The minimum Gasteiger partial charge on any atom is -0.392 e. The molecule has 1 aliphatic heterocycles. The number of rotatable bonds is 15. The van der Waals surface area contributed by atoms with Gasteiger partial charge in [-0.15, -0.1) is 0 Å². The second-order valence-corrected chi connectivity index (χ2v) is 17.3. The fourth-order valence-electron chi connectivity index (χ4n) is 5.24. The number of nitrogens with zero attached hydrogens (tertiary/aromatic N) is 3. The summed E-state index contributed by atoms with van der Waals surface area (Å²) in [5.41, 5.74) is 12.8. The summed E-state index contributed by atoms with van der Waals surface area (Å²) in [4.78, 5) is 3.24. The lowest BCUT2D eigenvalue weighted by atomic mass is 9.96. The first-order valence-electron chi connectivity index (χ1n) is 15.4. The van der Waals surface area contributed by atoms with Crippen LogP contribution in [-0.2, 0) is 43.2 Å². The summed E-state index contributed by atoms with van der Waals surface area (Å²) >= 11 is 0. The van der Waals surface area contributed by atoms with Gasteiger partial charge >= 0.3 is 0 Å². The molecule has 0 bridgehead atoms. The summed E-state index contributed by atoms with van der Waals surface area (Å²) in [6.07, 6.45) is -2.60. The SMILES string of the molecule is CC(C)C(C)(C)[Si](C)(C)O[C@@H]1O[C@H](COCc2ccccc2)[C@H](OCc2ccccc2)[C@H](OCc2ccccc2)[C@H]1N=[N+]=[N-]. The van der Waals surface area contributed by atoms with Gasteiger partial charge < -0.3 is 23.4 Å². The lowest BCUT2D eigenvalue weighted by Crippen LogP contribution is -2.63. The molecule has 4 rings (SSSR count). The molecule has 0 N–H and O–H groups in total. The molecule has 1 heterocycles. The fraction of sp³-hybridized carbons (Fsp3) is 0.486. The number of azide groups is 1. The monoisotopic (exact) mass is 617 g/mol. The fourth-order valence-corrected chi connectivity index (χ4v) is 7.71. The summed E-state index contributed by atoms with van der Waals surface area (Å²) < 4.78 is 33.1. The van der Waals surface area contributed by atoms with Gasteiger partial charge in [0.05, 0.1) is 26.4 Å². The van der Waals surface area contributed by atoms with Crippen LogP contribution in [0.25, 0.3) is 10.4 Å². The molecule has 1 saturated heterocycles. The normalized spacial score (nSPS) is 22.5. The molecule has 0 aromatic heterocycles. The Kier molecular flexibility index (Phi) is 12.2. The summed E-state index contributed by atoms with van der Waals surface area (Å²) in [6, 6.07) is 29.2. The maximum absolute atomic E-state index is 9.75. The van der Waals surface area contributed by atoms with Gasteiger partial charge in [-0.05, 0) is 46.3 Å². The van der Waals surface area contributed by atoms with E-state index in [1.165, 1.54) is 0 Å². The molecule has 9 heteroatoms.